The van der Waals surface area contributed by atoms with Crippen molar-refractivity contribution in [2.24, 2.45) is 5.41 Å². The fourth-order valence-corrected chi connectivity index (χ4v) is 2.82. The maximum atomic E-state index is 12.2. The topological polar surface area (TPSA) is 70.8 Å². The zero-order chi connectivity index (χ0) is 14.0. The van der Waals surface area contributed by atoms with Crippen molar-refractivity contribution in [3.63, 3.8) is 0 Å². The van der Waals surface area contributed by atoms with Crippen molar-refractivity contribution in [2.75, 3.05) is 13.1 Å². The molecule has 1 aliphatic heterocycles. The summed E-state index contributed by atoms with van der Waals surface area (Å²) in [7, 11) is 0. The largest absolute Gasteiger partial charge is 0.481 e. The first-order valence-corrected chi connectivity index (χ1v) is 6.63. The van der Waals surface area contributed by atoms with Gasteiger partial charge < -0.3 is 14.4 Å². The van der Waals surface area contributed by atoms with E-state index in [0.717, 1.165) is 6.42 Å². The lowest BCUT2D eigenvalue weighted by Crippen LogP contribution is -2.36. The van der Waals surface area contributed by atoms with Gasteiger partial charge in [0.25, 0.3) is 5.91 Å². The second kappa shape index (κ2) is 5.25. The smallest absolute Gasteiger partial charge is 0.311 e. The molecule has 104 valence electrons. The van der Waals surface area contributed by atoms with Gasteiger partial charge in [-0.1, -0.05) is 13.3 Å². The Morgan fingerprint density at radius 2 is 2.32 bits per heavy atom. The Balaban J connectivity index is 2.15. The molecule has 5 nitrogen and oxygen atoms in total. The van der Waals surface area contributed by atoms with Crippen LogP contribution in [0.3, 0.4) is 0 Å². The van der Waals surface area contributed by atoms with E-state index >= 15 is 0 Å². The number of rotatable bonds is 4. The predicted molar refractivity (Wildman–Crippen MR) is 69.2 cm³/mol. The maximum absolute atomic E-state index is 12.2. The number of carboxylic acids is 1. The van der Waals surface area contributed by atoms with Crippen LogP contribution >= 0.6 is 11.6 Å². The lowest BCUT2D eigenvalue weighted by Gasteiger charge is -2.24. The number of nitrogens with zero attached hydrogens (tertiary/aromatic N) is 1. The van der Waals surface area contributed by atoms with Crippen molar-refractivity contribution in [3.05, 3.63) is 23.1 Å². The highest BCUT2D eigenvalue weighted by Gasteiger charge is 2.45. The summed E-state index contributed by atoms with van der Waals surface area (Å²) in [5, 5.41) is 9.45. The highest BCUT2D eigenvalue weighted by atomic mass is 35.5. The quantitative estimate of drug-likeness (QED) is 0.923. The molecule has 1 aliphatic rings. The molecule has 1 aromatic rings. The second-order valence-corrected chi connectivity index (χ2v) is 5.26. The molecular formula is C13H16ClNO4. The average molecular weight is 286 g/mol. The van der Waals surface area contributed by atoms with Crippen LogP contribution in [0.5, 0.6) is 0 Å². The van der Waals surface area contributed by atoms with Gasteiger partial charge in [-0.2, -0.15) is 0 Å². The molecule has 0 bridgehead atoms. The molecular weight excluding hydrogens is 270 g/mol. The molecule has 0 spiro atoms. The van der Waals surface area contributed by atoms with Gasteiger partial charge in [0.05, 0.1) is 17.2 Å². The zero-order valence-corrected chi connectivity index (χ0v) is 11.4. The Morgan fingerprint density at radius 1 is 1.58 bits per heavy atom. The molecule has 0 saturated carbocycles. The summed E-state index contributed by atoms with van der Waals surface area (Å²) in [4.78, 5) is 25.2. The van der Waals surface area contributed by atoms with Crippen molar-refractivity contribution in [1.29, 1.82) is 0 Å². The number of likely N-dealkylation sites (tertiary alicyclic amines) is 1. The summed E-state index contributed by atoms with van der Waals surface area (Å²) >= 11 is 5.78. The standard InChI is InChI=1S/C13H16ClNO4/c1-2-4-13(12(17)18)5-6-15(8-13)11(16)9-3-7-19-10(9)14/h3,7H,2,4-6,8H2,1H3,(H,17,18). The molecule has 6 heteroatoms. The van der Waals surface area contributed by atoms with Crippen molar-refractivity contribution < 1.29 is 19.1 Å². The summed E-state index contributed by atoms with van der Waals surface area (Å²) in [5.41, 5.74) is -0.528. The van der Waals surface area contributed by atoms with Crippen LogP contribution in [0, 0.1) is 5.41 Å². The van der Waals surface area contributed by atoms with Gasteiger partial charge in [0, 0.05) is 13.1 Å². The number of hydrogen-bond acceptors (Lipinski definition) is 3. The number of carbonyl (C=O) groups excluding carboxylic acids is 1. The molecule has 19 heavy (non-hydrogen) atoms. The lowest BCUT2D eigenvalue weighted by atomic mass is 9.83. The maximum Gasteiger partial charge on any atom is 0.311 e. The monoisotopic (exact) mass is 285 g/mol. The van der Waals surface area contributed by atoms with Crippen LogP contribution in [0.25, 0.3) is 0 Å². The van der Waals surface area contributed by atoms with Crippen LogP contribution in [-0.2, 0) is 4.79 Å². The van der Waals surface area contributed by atoms with E-state index in [9.17, 15) is 14.7 Å². The Morgan fingerprint density at radius 3 is 2.84 bits per heavy atom. The van der Waals surface area contributed by atoms with Gasteiger partial charge >= 0.3 is 5.97 Å². The van der Waals surface area contributed by atoms with Gasteiger partial charge in [-0.25, -0.2) is 0 Å². The van der Waals surface area contributed by atoms with Crippen LogP contribution < -0.4 is 0 Å². The van der Waals surface area contributed by atoms with Gasteiger partial charge in [-0.05, 0) is 30.5 Å². The molecule has 1 unspecified atom stereocenters. The van der Waals surface area contributed by atoms with E-state index in [1.807, 2.05) is 6.92 Å². The third-order valence-corrected chi connectivity index (χ3v) is 3.96. The van der Waals surface area contributed by atoms with Crippen molar-refractivity contribution in [3.8, 4) is 0 Å². The second-order valence-electron chi connectivity index (χ2n) is 4.92. The highest BCUT2D eigenvalue weighted by molar-refractivity contribution is 6.32. The third-order valence-electron chi connectivity index (χ3n) is 3.67. The van der Waals surface area contributed by atoms with E-state index in [-0.39, 0.29) is 17.7 Å². The first-order chi connectivity index (χ1) is 9.00. The van der Waals surface area contributed by atoms with E-state index < -0.39 is 11.4 Å². The molecule has 2 heterocycles. The third kappa shape index (κ3) is 2.47. The Bertz CT molecular complexity index is 499. The zero-order valence-electron chi connectivity index (χ0n) is 10.7. The summed E-state index contributed by atoms with van der Waals surface area (Å²) in [6, 6.07) is 1.51. The number of amides is 1. The number of halogens is 1. The SMILES string of the molecule is CCCC1(C(=O)O)CCN(C(=O)c2ccoc2Cl)C1. The minimum absolute atomic E-state index is 0.0494. The molecule has 1 N–H and O–H groups in total. The van der Waals surface area contributed by atoms with Gasteiger partial charge in [-0.3, -0.25) is 9.59 Å². The molecule has 1 amide bonds. The average Bonchev–Trinajstić information content (AvgIpc) is 2.96. The van der Waals surface area contributed by atoms with Crippen molar-refractivity contribution >= 4 is 23.5 Å². The van der Waals surface area contributed by atoms with Crippen molar-refractivity contribution in [2.45, 2.75) is 26.2 Å². The van der Waals surface area contributed by atoms with Gasteiger partial charge in [0.1, 0.15) is 0 Å². The summed E-state index contributed by atoms with van der Waals surface area (Å²) in [5.74, 6) is -1.10. The van der Waals surface area contributed by atoms with Gasteiger partial charge in [0.2, 0.25) is 5.22 Å². The number of furan rings is 1. The van der Waals surface area contributed by atoms with E-state index in [1.54, 1.807) is 4.90 Å². The molecule has 1 fully saturated rings. The first-order valence-electron chi connectivity index (χ1n) is 6.26. The van der Waals surface area contributed by atoms with Crippen molar-refractivity contribution in [1.82, 2.24) is 4.90 Å². The Kier molecular flexibility index (Phi) is 3.85. The van der Waals surface area contributed by atoms with Gasteiger partial charge in [0.15, 0.2) is 0 Å². The van der Waals surface area contributed by atoms with E-state index in [0.29, 0.717) is 24.9 Å². The lowest BCUT2D eigenvalue weighted by molar-refractivity contribution is -0.148. The van der Waals surface area contributed by atoms with E-state index in [4.69, 9.17) is 16.0 Å². The van der Waals surface area contributed by atoms with E-state index in [1.165, 1.54) is 12.3 Å². The number of carboxylic acid groups (broad SMARTS) is 1. The molecule has 1 saturated heterocycles. The number of carbonyl (C=O) groups is 2. The summed E-state index contributed by atoms with van der Waals surface area (Å²) in [6.07, 6.45) is 3.19. The number of hydrogen-bond donors (Lipinski definition) is 1. The molecule has 0 radical (unpaired) electrons. The first kappa shape index (κ1) is 13.9. The fraction of sp³-hybridized carbons (Fsp3) is 0.538. The normalized spacial score (nSPS) is 22.7. The predicted octanol–water partition coefficient (Wildman–Crippen LogP) is 2.65. The van der Waals surface area contributed by atoms with Gasteiger partial charge in [-0.15, -0.1) is 0 Å². The molecule has 0 aromatic carbocycles. The number of aliphatic carboxylic acids is 1. The summed E-state index contributed by atoms with van der Waals surface area (Å²) < 4.78 is 4.89. The van der Waals surface area contributed by atoms with Crippen LogP contribution in [0.15, 0.2) is 16.7 Å². The van der Waals surface area contributed by atoms with Crippen LogP contribution in [0.1, 0.15) is 36.5 Å². The summed E-state index contributed by atoms with van der Waals surface area (Å²) in [6.45, 7) is 2.62. The molecule has 2 rings (SSSR count). The Hall–Kier alpha value is -1.49. The molecule has 0 aliphatic carbocycles. The van der Waals surface area contributed by atoms with Crippen LogP contribution in [0.2, 0.25) is 5.22 Å². The van der Waals surface area contributed by atoms with E-state index in [2.05, 4.69) is 0 Å². The fourth-order valence-electron chi connectivity index (χ4n) is 2.63. The minimum atomic E-state index is -0.831. The van der Waals surface area contributed by atoms with Crippen LogP contribution in [0.4, 0.5) is 0 Å². The Labute approximate surface area is 116 Å². The minimum Gasteiger partial charge on any atom is -0.481 e. The molecule has 1 atom stereocenters. The molecule has 1 aromatic heterocycles. The van der Waals surface area contributed by atoms with Crippen LogP contribution in [-0.4, -0.2) is 35.0 Å². The highest BCUT2D eigenvalue weighted by Crippen LogP contribution is 2.36.